The van der Waals surface area contributed by atoms with Crippen LogP contribution in [0.2, 0.25) is 0 Å². The Morgan fingerprint density at radius 1 is 1.19 bits per heavy atom. The van der Waals surface area contributed by atoms with Crippen molar-refractivity contribution in [3.63, 3.8) is 0 Å². The number of hydrogen-bond donors (Lipinski definition) is 1. The summed E-state index contributed by atoms with van der Waals surface area (Å²) in [5.41, 5.74) is 0.393. The zero-order valence-corrected chi connectivity index (χ0v) is 21.2. The molecule has 0 amide bonds. The summed E-state index contributed by atoms with van der Waals surface area (Å²) >= 11 is 0. The Balaban J connectivity index is 1.73. The molecule has 1 aromatic rings. The third-order valence-corrected chi connectivity index (χ3v) is 6.87. The fourth-order valence-electron chi connectivity index (χ4n) is 3.27. The Morgan fingerprint density at radius 3 is 2.53 bits per heavy atom. The van der Waals surface area contributed by atoms with Crippen molar-refractivity contribution in [1.29, 1.82) is 0 Å². The van der Waals surface area contributed by atoms with Gasteiger partial charge in [0, 0.05) is 25.8 Å². The summed E-state index contributed by atoms with van der Waals surface area (Å²) in [6.07, 6.45) is 2.70. The topological polar surface area (TPSA) is 84.5 Å². The fourth-order valence-corrected chi connectivity index (χ4v) is 5.19. The molecule has 4 atom stereocenters. The molecule has 0 aromatic heterocycles. The number of ether oxygens (including phenoxy) is 4. The number of nitrogens with one attached hydrogen (secondary N) is 1. The van der Waals surface area contributed by atoms with Gasteiger partial charge in [0.15, 0.2) is 6.29 Å². The molecule has 0 saturated carbocycles. The molecular weight excluding hydrogens is 433 g/mol. The predicted molar refractivity (Wildman–Crippen MR) is 124 cm³/mol. The van der Waals surface area contributed by atoms with Crippen LogP contribution in [-0.4, -0.2) is 51.8 Å². The highest BCUT2D eigenvalue weighted by Gasteiger charge is 2.32. The van der Waals surface area contributed by atoms with Crippen molar-refractivity contribution in [2.75, 3.05) is 34.0 Å². The minimum atomic E-state index is -3.43. The molecule has 0 spiro atoms. The lowest BCUT2D eigenvalue weighted by atomic mass is 10.1. The Morgan fingerprint density at radius 2 is 1.91 bits per heavy atom. The SMILES string of the molecule is COCCC(C)OP(=O)(NCCCCC1COC(c2ccc(OC)cc2)O1)OC(C)(C)C. The van der Waals surface area contributed by atoms with Crippen LogP contribution in [0.1, 0.15) is 65.2 Å². The van der Waals surface area contributed by atoms with Gasteiger partial charge in [-0.05, 0) is 65.5 Å². The Kier molecular flexibility index (Phi) is 11.1. The van der Waals surface area contributed by atoms with Crippen LogP contribution in [0, 0.1) is 0 Å². The first kappa shape index (κ1) is 27.3. The van der Waals surface area contributed by atoms with E-state index >= 15 is 0 Å². The minimum absolute atomic E-state index is 0.0463. The second-order valence-corrected chi connectivity index (χ2v) is 10.7. The molecule has 32 heavy (non-hydrogen) atoms. The molecule has 1 aliphatic rings. The maximum atomic E-state index is 13.2. The molecule has 1 heterocycles. The van der Waals surface area contributed by atoms with Crippen molar-refractivity contribution >= 4 is 7.75 Å². The molecule has 0 aliphatic carbocycles. The summed E-state index contributed by atoms with van der Waals surface area (Å²) in [6, 6.07) is 7.71. The predicted octanol–water partition coefficient (Wildman–Crippen LogP) is 5.23. The Bertz CT molecular complexity index is 707. The van der Waals surface area contributed by atoms with Crippen molar-refractivity contribution in [3.8, 4) is 5.75 Å². The van der Waals surface area contributed by atoms with E-state index < -0.39 is 13.3 Å². The van der Waals surface area contributed by atoms with Gasteiger partial charge >= 0.3 is 7.75 Å². The summed E-state index contributed by atoms with van der Waals surface area (Å²) in [7, 11) is -0.154. The smallest absolute Gasteiger partial charge is 0.406 e. The van der Waals surface area contributed by atoms with Crippen molar-refractivity contribution in [2.45, 2.75) is 77.5 Å². The van der Waals surface area contributed by atoms with Gasteiger partial charge in [-0.15, -0.1) is 0 Å². The fraction of sp³-hybridized carbons (Fsp3) is 0.739. The molecule has 1 N–H and O–H groups in total. The number of methoxy groups -OCH3 is 2. The van der Waals surface area contributed by atoms with E-state index in [2.05, 4.69) is 5.09 Å². The van der Waals surface area contributed by atoms with E-state index in [1.807, 2.05) is 52.0 Å². The van der Waals surface area contributed by atoms with Gasteiger partial charge in [-0.3, -0.25) is 9.05 Å². The lowest BCUT2D eigenvalue weighted by molar-refractivity contribution is -0.0613. The number of unbranched alkanes of at least 4 members (excludes halogenated alkanes) is 1. The second-order valence-electron chi connectivity index (χ2n) is 9.00. The van der Waals surface area contributed by atoms with Crippen LogP contribution >= 0.6 is 7.75 Å². The molecular formula is C23H40NO7P. The zero-order valence-electron chi connectivity index (χ0n) is 20.3. The molecule has 0 bridgehead atoms. The van der Waals surface area contributed by atoms with Crippen LogP contribution < -0.4 is 9.82 Å². The van der Waals surface area contributed by atoms with Crippen LogP contribution in [0.15, 0.2) is 24.3 Å². The minimum Gasteiger partial charge on any atom is -0.497 e. The van der Waals surface area contributed by atoms with E-state index in [0.29, 0.717) is 26.2 Å². The van der Waals surface area contributed by atoms with Crippen molar-refractivity contribution in [1.82, 2.24) is 5.09 Å². The first-order chi connectivity index (χ1) is 15.1. The van der Waals surface area contributed by atoms with Crippen LogP contribution in [0.4, 0.5) is 0 Å². The highest BCUT2D eigenvalue weighted by molar-refractivity contribution is 7.51. The van der Waals surface area contributed by atoms with Crippen molar-refractivity contribution in [2.24, 2.45) is 0 Å². The second kappa shape index (κ2) is 13.0. The maximum Gasteiger partial charge on any atom is 0.406 e. The van der Waals surface area contributed by atoms with E-state index in [0.717, 1.165) is 30.6 Å². The molecule has 2 rings (SSSR count). The van der Waals surface area contributed by atoms with Crippen molar-refractivity contribution < 1.29 is 32.6 Å². The van der Waals surface area contributed by atoms with E-state index in [1.54, 1.807) is 14.2 Å². The van der Waals surface area contributed by atoms with Crippen LogP contribution in [0.3, 0.4) is 0 Å². The number of benzene rings is 1. The number of rotatable bonds is 14. The third kappa shape index (κ3) is 9.87. The maximum absolute atomic E-state index is 13.2. The molecule has 1 aromatic carbocycles. The highest BCUT2D eigenvalue weighted by Crippen LogP contribution is 2.49. The van der Waals surface area contributed by atoms with Crippen molar-refractivity contribution in [3.05, 3.63) is 29.8 Å². The quantitative estimate of drug-likeness (QED) is 0.290. The summed E-state index contributed by atoms with van der Waals surface area (Å²) in [6.45, 7) is 9.09. The average molecular weight is 474 g/mol. The molecule has 1 saturated heterocycles. The number of hydrogen-bond acceptors (Lipinski definition) is 7. The molecule has 0 radical (unpaired) electrons. The molecule has 9 heteroatoms. The van der Waals surface area contributed by atoms with Gasteiger partial charge in [0.1, 0.15) is 5.75 Å². The summed E-state index contributed by atoms with van der Waals surface area (Å²) in [5.74, 6) is 0.806. The third-order valence-electron chi connectivity index (χ3n) is 4.84. The lowest BCUT2D eigenvalue weighted by Gasteiger charge is -2.29. The molecule has 8 nitrogen and oxygen atoms in total. The van der Waals surface area contributed by atoms with Gasteiger partial charge in [0.05, 0.1) is 31.5 Å². The summed E-state index contributed by atoms with van der Waals surface area (Å²) in [5, 5.41) is 3.02. The molecule has 4 unspecified atom stereocenters. The first-order valence-corrected chi connectivity index (χ1v) is 12.8. The monoisotopic (exact) mass is 473 g/mol. The van der Waals surface area contributed by atoms with E-state index in [-0.39, 0.29) is 18.5 Å². The Labute approximate surface area is 192 Å². The van der Waals surface area contributed by atoms with Crippen LogP contribution in [-0.2, 0) is 27.8 Å². The van der Waals surface area contributed by atoms with E-state index in [9.17, 15) is 4.57 Å². The van der Waals surface area contributed by atoms with Gasteiger partial charge in [-0.1, -0.05) is 12.1 Å². The zero-order chi connectivity index (χ0) is 23.6. The highest BCUT2D eigenvalue weighted by atomic mass is 31.2. The van der Waals surface area contributed by atoms with Crippen LogP contribution in [0.25, 0.3) is 0 Å². The van der Waals surface area contributed by atoms with E-state index in [1.165, 1.54) is 0 Å². The van der Waals surface area contributed by atoms with Gasteiger partial charge in [-0.2, -0.15) is 0 Å². The normalized spacial score (nSPS) is 21.9. The molecule has 1 aliphatic heterocycles. The van der Waals surface area contributed by atoms with Gasteiger partial charge in [0.2, 0.25) is 0 Å². The summed E-state index contributed by atoms with van der Waals surface area (Å²) in [4.78, 5) is 0. The summed E-state index contributed by atoms with van der Waals surface area (Å²) < 4.78 is 46.8. The van der Waals surface area contributed by atoms with Gasteiger partial charge in [0.25, 0.3) is 0 Å². The van der Waals surface area contributed by atoms with Gasteiger partial charge < -0.3 is 18.9 Å². The standard InChI is InChI=1S/C23H40NO7P/c1-18(14-16-26-5)30-32(25,31-23(2,3)4)24-15-8-7-9-21-17-28-22(29-21)19-10-12-20(27-6)13-11-19/h10-13,18,21-22H,7-9,14-17H2,1-6H3,(H,24,25). The van der Waals surface area contributed by atoms with Gasteiger partial charge in [-0.25, -0.2) is 9.65 Å². The Hall–Kier alpha value is -0.990. The van der Waals surface area contributed by atoms with Crippen LogP contribution in [0.5, 0.6) is 5.75 Å². The largest absolute Gasteiger partial charge is 0.497 e. The molecule has 1 fully saturated rings. The first-order valence-electron chi connectivity index (χ1n) is 11.3. The average Bonchev–Trinajstić information content (AvgIpc) is 3.19. The molecule has 184 valence electrons. The lowest BCUT2D eigenvalue weighted by Crippen LogP contribution is -2.27. The van der Waals surface area contributed by atoms with E-state index in [4.69, 9.17) is 28.0 Å².